The highest BCUT2D eigenvalue weighted by atomic mass is 16.5. The van der Waals surface area contributed by atoms with Crippen LogP contribution in [-0.2, 0) is 11.3 Å². The van der Waals surface area contributed by atoms with E-state index in [0.29, 0.717) is 42.5 Å². The third-order valence-corrected chi connectivity index (χ3v) is 4.89. The molecule has 7 nitrogen and oxygen atoms in total. The Balaban J connectivity index is 1.78. The average molecular weight is 414 g/mol. The van der Waals surface area contributed by atoms with Gasteiger partial charge in [0.05, 0.1) is 25.5 Å². The third-order valence-electron chi connectivity index (χ3n) is 4.89. The number of ether oxygens (including phenoxy) is 2. The number of fused-ring (bicyclic) bond motifs is 1. The Hall–Kier alpha value is -4.05. The second kappa shape index (κ2) is 9.18. The predicted molar refractivity (Wildman–Crippen MR) is 116 cm³/mol. The van der Waals surface area contributed by atoms with Gasteiger partial charge in [0.2, 0.25) is 0 Å². The van der Waals surface area contributed by atoms with Gasteiger partial charge in [0.1, 0.15) is 11.6 Å². The van der Waals surface area contributed by atoms with Crippen molar-refractivity contribution in [3.05, 3.63) is 71.4 Å². The van der Waals surface area contributed by atoms with Crippen LogP contribution < -0.4 is 14.8 Å². The number of likely N-dealkylation sites (N-methyl/N-ethyl adjacent to an activating group) is 1. The molecule has 0 saturated carbocycles. The molecule has 7 heteroatoms. The summed E-state index contributed by atoms with van der Waals surface area (Å²) < 4.78 is 13.3. The lowest BCUT2D eigenvalue weighted by Gasteiger charge is -2.09. The summed E-state index contributed by atoms with van der Waals surface area (Å²) in [5.74, 6) is 0.919. The van der Waals surface area contributed by atoms with Crippen LogP contribution in [0.25, 0.3) is 17.3 Å². The normalized spacial score (nSPS) is 13.2. The average Bonchev–Trinajstić information content (AvgIpc) is 3.04. The highest BCUT2D eigenvalue weighted by Crippen LogP contribution is 2.35. The third kappa shape index (κ3) is 4.59. The fourth-order valence-corrected chi connectivity index (χ4v) is 3.37. The Morgan fingerprint density at radius 3 is 2.71 bits per heavy atom. The molecule has 3 aromatic rings. The molecule has 4 rings (SSSR count). The second-order valence-corrected chi connectivity index (χ2v) is 7.08. The van der Waals surface area contributed by atoms with Crippen molar-refractivity contribution in [1.82, 2.24) is 15.1 Å². The van der Waals surface area contributed by atoms with Gasteiger partial charge < -0.3 is 14.8 Å². The molecule has 0 fully saturated rings. The minimum atomic E-state index is -0.442. The van der Waals surface area contributed by atoms with E-state index in [1.807, 2.05) is 60.8 Å². The lowest BCUT2D eigenvalue weighted by Crippen LogP contribution is -2.19. The van der Waals surface area contributed by atoms with E-state index >= 15 is 0 Å². The monoisotopic (exact) mass is 414 g/mol. The van der Waals surface area contributed by atoms with Gasteiger partial charge in [-0.05, 0) is 29.8 Å². The maximum absolute atomic E-state index is 12.1. The van der Waals surface area contributed by atoms with Crippen molar-refractivity contribution in [3.63, 3.8) is 0 Å². The highest BCUT2D eigenvalue weighted by Gasteiger charge is 2.17. The second-order valence-electron chi connectivity index (χ2n) is 7.08. The minimum Gasteiger partial charge on any atom is -0.490 e. The first-order valence-corrected chi connectivity index (χ1v) is 10.0. The Morgan fingerprint density at radius 2 is 1.97 bits per heavy atom. The molecule has 0 bridgehead atoms. The van der Waals surface area contributed by atoms with Crippen LogP contribution in [0, 0.1) is 11.3 Å². The summed E-state index contributed by atoms with van der Waals surface area (Å²) in [6, 6.07) is 17.6. The van der Waals surface area contributed by atoms with Crippen molar-refractivity contribution >= 4 is 12.0 Å². The summed E-state index contributed by atoms with van der Waals surface area (Å²) >= 11 is 0. The largest absolute Gasteiger partial charge is 0.490 e. The highest BCUT2D eigenvalue weighted by molar-refractivity contribution is 6.02. The number of hydrogen-bond donors (Lipinski definition) is 1. The number of aromatic nitrogens is 2. The summed E-state index contributed by atoms with van der Waals surface area (Å²) in [6.45, 7) is 1.76. The number of hydrogen-bond acceptors (Lipinski definition) is 5. The molecule has 1 amide bonds. The fraction of sp³-hybridized carbons (Fsp3) is 0.208. The molecule has 0 spiro atoms. The first-order valence-electron chi connectivity index (χ1n) is 10.0. The zero-order chi connectivity index (χ0) is 21.6. The maximum Gasteiger partial charge on any atom is 0.261 e. The van der Waals surface area contributed by atoms with E-state index in [2.05, 4.69) is 5.32 Å². The molecule has 0 aliphatic carbocycles. The number of carbonyl (C=O) groups excluding carboxylic acids is 1. The zero-order valence-electron chi connectivity index (χ0n) is 17.2. The van der Waals surface area contributed by atoms with Crippen LogP contribution in [0.1, 0.15) is 17.5 Å². The van der Waals surface area contributed by atoms with Gasteiger partial charge in [0.25, 0.3) is 5.91 Å². The summed E-state index contributed by atoms with van der Waals surface area (Å²) in [5.41, 5.74) is 3.25. The molecule has 0 saturated heterocycles. The number of carbonyl (C=O) groups is 1. The fourth-order valence-electron chi connectivity index (χ4n) is 3.37. The van der Waals surface area contributed by atoms with Crippen molar-refractivity contribution in [1.29, 1.82) is 5.26 Å². The molecule has 1 aromatic heterocycles. The summed E-state index contributed by atoms with van der Waals surface area (Å²) in [5, 5.41) is 16.7. The Labute approximate surface area is 180 Å². The lowest BCUT2D eigenvalue weighted by atomic mass is 10.1. The molecule has 1 N–H and O–H groups in total. The van der Waals surface area contributed by atoms with Crippen LogP contribution in [0.15, 0.2) is 60.3 Å². The summed E-state index contributed by atoms with van der Waals surface area (Å²) in [4.78, 5) is 12.1. The molecule has 156 valence electrons. The molecule has 1 aliphatic rings. The van der Waals surface area contributed by atoms with E-state index in [1.165, 1.54) is 7.05 Å². The zero-order valence-corrected chi connectivity index (χ0v) is 17.2. The molecule has 0 unspecified atom stereocenters. The lowest BCUT2D eigenvalue weighted by molar-refractivity contribution is -0.116. The van der Waals surface area contributed by atoms with Crippen molar-refractivity contribution in [2.75, 3.05) is 20.3 Å². The van der Waals surface area contributed by atoms with Gasteiger partial charge in [-0.3, -0.25) is 9.48 Å². The number of nitrogens with zero attached hydrogens (tertiary/aromatic N) is 3. The van der Waals surface area contributed by atoms with E-state index in [-0.39, 0.29) is 5.57 Å². The van der Waals surface area contributed by atoms with Crippen molar-refractivity contribution in [3.8, 4) is 28.8 Å². The number of amides is 1. The number of rotatable bonds is 5. The SMILES string of the molecule is CNC(=O)/C(C#N)=C/c1cn(Cc2ccccc2)nc1-c1ccc2c(c1)OCCCO2. The maximum atomic E-state index is 12.1. The Bertz CT molecular complexity index is 1160. The Morgan fingerprint density at radius 1 is 1.19 bits per heavy atom. The standard InChI is InChI=1S/C24H22N4O3/c1-26-24(29)19(14-25)12-20-16-28(15-17-6-3-2-4-7-17)27-23(20)18-8-9-21-22(13-18)31-11-5-10-30-21/h2-4,6-9,12-13,16H,5,10-11,15H2,1H3,(H,26,29)/b19-12+. The van der Waals surface area contributed by atoms with Gasteiger partial charge in [-0.25, -0.2) is 0 Å². The molecule has 2 heterocycles. The van der Waals surface area contributed by atoms with Crippen molar-refractivity contribution in [2.24, 2.45) is 0 Å². The predicted octanol–water partition coefficient (Wildman–Crippen LogP) is 3.41. The van der Waals surface area contributed by atoms with Gasteiger partial charge >= 0.3 is 0 Å². The molecular formula is C24H22N4O3. The Kier molecular flexibility index (Phi) is 5.99. The van der Waals surface area contributed by atoms with Crippen molar-refractivity contribution in [2.45, 2.75) is 13.0 Å². The summed E-state index contributed by atoms with van der Waals surface area (Å²) in [6.07, 6.45) is 4.22. The van der Waals surface area contributed by atoms with Gasteiger partial charge in [-0.15, -0.1) is 0 Å². The first kappa shape index (κ1) is 20.2. The molecular weight excluding hydrogens is 392 g/mol. The van der Waals surface area contributed by atoms with E-state index in [0.717, 1.165) is 17.5 Å². The van der Waals surface area contributed by atoms with Crippen LogP contribution in [0.2, 0.25) is 0 Å². The van der Waals surface area contributed by atoms with E-state index in [4.69, 9.17) is 14.6 Å². The number of nitriles is 1. The van der Waals surface area contributed by atoms with Crippen LogP contribution >= 0.6 is 0 Å². The number of nitrogens with one attached hydrogen (secondary N) is 1. The van der Waals surface area contributed by atoms with Gasteiger partial charge in [-0.2, -0.15) is 10.4 Å². The molecule has 0 atom stereocenters. The van der Waals surface area contributed by atoms with Crippen LogP contribution in [0.3, 0.4) is 0 Å². The molecule has 1 aliphatic heterocycles. The summed E-state index contributed by atoms with van der Waals surface area (Å²) in [7, 11) is 1.50. The van der Waals surface area contributed by atoms with Gasteiger partial charge in [0, 0.05) is 30.8 Å². The van der Waals surface area contributed by atoms with Crippen LogP contribution in [-0.4, -0.2) is 35.9 Å². The quantitative estimate of drug-likeness (QED) is 0.510. The van der Waals surface area contributed by atoms with E-state index in [9.17, 15) is 10.1 Å². The van der Waals surface area contributed by atoms with Crippen LogP contribution in [0.5, 0.6) is 11.5 Å². The minimum absolute atomic E-state index is 0.0114. The van der Waals surface area contributed by atoms with Gasteiger partial charge in [-0.1, -0.05) is 30.3 Å². The molecule has 2 aromatic carbocycles. The van der Waals surface area contributed by atoms with Crippen molar-refractivity contribution < 1.29 is 14.3 Å². The number of benzene rings is 2. The van der Waals surface area contributed by atoms with Gasteiger partial charge in [0.15, 0.2) is 11.5 Å². The molecule has 31 heavy (non-hydrogen) atoms. The van der Waals surface area contributed by atoms with E-state index < -0.39 is 5.91 Å². The molecule has 0 radical (unpaired) electrons. The van der Waals surface area contributed by atoms with E-state index in [1.54, 1.807) is 10.8 Å². The smallest absolute Gasteiger partial charge is 0.261 e. The van der Waals surface area contributed by atoms with Crippen LogP contribution in [0.4, 0.5) is 0 Å². The topological polar surface area (TPSA) is 89.2 Å². The first-order chi connectivity index (χ1) is 15.2.